The number of primary amides is 1. The summed E-state index contributed by atoms with van der Waals surface area (Å²) < 4.78 is 7.35. The van der Waals surface area contributed by atoms with Gasteiger partial charge in [-0.3, -0.25) is 9.59 Å². The quantitative estimate of drug-likeness (QED) is 0.737. The molecule has 1 aromatic heterocycles. The van der Waals surface area contributed by atoms with E-state index >= 15 is 0 Å². The number of hydrogen-bond acceptors (Lipinski definition) is 5. The van der Waals surface area contributed by atoms with Crippen LogP contribution in [-0.2, 0) is 10.3 Å². The fourth-order valence-electron chi connectivity index (χ4n) is 4.45. The average Bonchev–Trinajstić information content (AvgIpc) is 3.08. The molecule has 2 aliphatic heterocycles. The topological polar surface area (TPSA) is 102 Å². The Morgan fingerprint density at radius 1 is 1.40 bits per heavy atom. The van der Waals surface area contributed by atoms with E-state index < -0.39 is 5.91 Å². The summed E-state index contributed by atoms with van der Waals surface area (Å²) in [6.45, 7) is 9.63. The van der Waals surface area contributed by atoms with E-state index in [0.717, 1.165) is 23.3 Å². The second-order valence-corrected chi connectivity index (χ2v) is 8.21. The summed E-state index contributed by atoms with van der Waals surface area (Å²) in [5, 5.41) is 8.19. The van der Waals surface area contributed by atoms with Gasteiger partial charge in [-0.15, -0.1) is 0 Å². The number of rotatable bonds is 5. The normalized spacial score (nSPS) is 20.7. The number of fused-ring (bicyclic) bond motifs is 1. The van der Waals surface area contributed by atoms with Gasteiger partial charge in [-0.25, -0.2) is 4.68 Å². The number of likely N-dealkylation sites (tertiary alicyclic amines) is 1. The van der Waals surface area contributed by atoms with Gasteiger partial charge in [-0.2, -0.15) is 5.10 Å². The number of aryl methyl sites for hydroxylation is 1. The van der Waals surface area contributed by atoms with Gasteiger partial charge in [-0.1, -0.05) is 18.7 Å². The lowest BCUT2D eigenvalue weighted by Gasteiger charge is -2.50. The van der Waals surface area contributed by atoms with Gasteiger partial charge in [0, 0.05) is 31.1 Å². The minimum Gasteiger partial charge on any atom is -0.496 e. The summed E-state index contributed by atoms with van der Waals surface area (Å²) in [5.74, 6) is 0.999. The van der Waals surface area contributed by atoms with E-state index in [1.54, 1.807) is 12.0 Å². The summed E-state index contributed by atoms with van der Waals surface area (Å²) in [6, 6.07) is 5.74. The minimum atomic E-state index is -0.528. The molecule has 3 heterocycles. The van der Waals surface area contributed by atoms with Crippen molar-refractivity contribution in [2.45, 2.75) is 25.8 Å². The van der Waals surface area contributed by atoms with Gasteiger partial charge in [0.15, 0.2) is 0 Å². The van der Waals surface area contributed by atoms with Crippen molar-refractivity contribution < 1.29 is 14.3 Å². The van der Waals surface area contributed by atoms with Crippen LogP contribution in [0, 0.1) is 12.8 Å². The third-order valence-electron chi connectivity index (χ3n) is 6.47. The van der Waals surface area contributed by atoms with Gasteiger partial charge >= 0.3 is 0 Å². The predicted molar refractivity (Wildman–Crippen MR) is 114 cm³/mol. The van der Waals surface area contributed by atoms with E-state index in [0.29, 0.717) is 36.7 Å². The molecule has 1 aromatic carbocycles. The van der Waals surface area contributed by atoms with Gasteiger partial charge in [0.2, 0.25) is 5.91 Å². The summed E-state index contributed by atoms with van der Waals surface area (Å²) >= 11 is 0. The number of nitrogens with zero attached hydrogens (tertiary/aromatic N) is 3. The molecule has 30 heavy (non-hydrogen) atoms. The van der Waals surface area contributed by atoms with Crippen LogP contribution in [0.2, 0.25) is 0 Å². The number of methoxy groups -OCH3 is 1. The first-order valence-corrected chi connectivity index (χ1v) is 10.0. The van der Waals surface area contributed by atoms with Crippen molar-refractivity contribution in [2.24, 2.45) is 11.7 Å². The zero-order chi connectivity index (χ0) is 21.6. The van der Waals surface area contributed by atoms with E-state index in [1.807, 2.05) is 29.8 Å². The molecule has 0 saturated carbocycles. The van der Waals surface area contributed by atoms with Crippen LogP contribution in [0.1, 0.15) is 29.3 Å². The van der Waals surface area contributed by atoms with E-state index in [2.05, 4.69) is 18.8 Å². The molecular weight excluding hydrogens is 382 g/mol. The number of hydrogen-bond donors (Lipinski definition) is 2. The second-order valence-electron chi connectivity index (χ2n) is 8.21. The standard InChI is InChI=1S/C22H27N5O3/c1-5-17(28)26-11-15(12-26)22(3)8-9-24-21-18(20(23)29)19(25-27(21)22)14-7-6-13(2)16(10-14)30-4/h5-7,10,15,24H,1,8-9,11-12H2,2-4H3,(H2,23,29). The maximum absolute atomic E-state index is 12.4. The largest absolute Gasteiger partial charge is 0.496 e. The minimum absolute atomic E-state index is 0.0604. The molecule has 0 bridgehead atoms. The third kappa shape index (κ3) is 2.94. The lowest BCUT2D eigenvalue weighted by atomic mass is 9.77. The molecule has 1 unspecified atom stereocenters. The highest BCUT2D eigenvalue weighted by molar-refractivity contribution is 6.04. The Bertz CT molecular complexity index is 1040. The summed E-state index contributed by atoms with van der Waals surface area (Å²) in [7, 11) is 1.62. The summed E-state index contributed by atoms with van der Waals surface area (Å²) in [6.07, 6.45) is 2.17. The van der Waals surface area contributed by atoms with Crippen molar-refractivity contribution in [3.8, 4) is 17.0 Å². The predicted octanol–water partition coefficient (Wildman–Crippen LogP) is 2.14. The molecule has 2 aromatic rings. The number of benzene rings is 1. The first-order chi connectivity index (χ1) is 14.3. The maximum atomic E-state index is 12.4. The highest BCUT2D eigenvalue weighted by atomic mass is 16.5. The van der Waals surface area contributed by atoms with E-state index in [1.165, 1.54) is 6.08 Å². The Hall–Kier alpha value is -3.29. The van der Waals surface area contributed by atoms with Gasteiger partial charge < -0.3 is 20.7 Å². The van der Waals surface area contributed by atoms with E-state index in [9.17, 15) is 9.59 Å². The Morgan fingerprint density at radius 3 is 2.77 bits per heavy atom. The van der Waals surface area contributed by atoms with Crippen LogP contribution in [-0.4, -0.2) is 53.2 Å². The molecule has 8 nitrogen and oxygen atoms in total. The fourth-order valence-corrected chi connectivity index (χ4v) is 4.45. The molecule has 1 fully saturated rings. The molecule has 1 atom stereocenters. The Morgan fingerprint density at radius 2 is 2.13 bits per heavy atom. The number of carbonyl (C=O) groups is 2. The number of ether oxygens (including phenoxy) is 1. The molecule has 0 radical (unpaired) electrons. The lowest BCUT2D eigenvalue weighted by Crippen LogP contribution is -2.60. The second kappa shape index (κ2) is 7.19. The molecular formula is C22H27N5O3. The third-order valence-corrected chi connectivity index (χ3v) is 6.47. The van der Waals surface area contributed by atoms with Crippen molar-refractivity contribution in [3.63, 3.8) is 0 Å². The van der Waals surface area contributed by atoms with Crippen molar-refractivity contribution in [1.82, 2.24) is 14.7 Å². The van der Waals surface area contributed by atoms with Gasteiger partial charge in [0.05, 0.1) is 12.6 Å². The Kier molecular flexibility index (Phi) is 4.80. The lowest BCUT2D eigenvalue weighted by molar-refractivity contribution is -0.135. The van der Waals surface area contributed by atoms with Gasteiger partial charge in [0.1, 0.15) is 22.8 Å². The van der Waals surface area contributed by atoms with Crippen LogP contribution in [0.5, 0.6) is 5.75 Å². The number of carbonyl (C=O) groups excluding carboxylic acids is 2. The number of anilines is 1. The van der Waals surface area contributed by atoms with E-state index in [-0.39, 0.29) is 17.4 Å². The summed E-state index contributed by atoms with van der Waals surface area (Å²) in [5.41, 5.74) is 8.13. The van der Waals surface area contributed by atoms with Crippen LogP contribution >= 0.6 is 0 Å². The molecule has 2 amide bonds. The van der Waals surface area contributed by atoms with Crippen LogP contribution in [0.4, 0.5) is 5.82 Å². The monoisotopic (exact) mass is 409 g/mol. The van der Waals surface area contributed by atoms with Crippen molar-refractivity contribution >= 4 is 17.6 Å². The van der Waals surface area contributed by atoms with Crippen LogP contribution in [0.3, 0.4) is 0 Å². The Balaban J connectivity index is 1.78. The fraction of sp³-hybridized carbons (Fsp3) is 0.409. The number of nitrogens with one attached hydrogen (secondary N) is 1. The number of aromatic nitrogens is 2. The number of nitrogens with two attached hydrogens (primary N) is 1. The zero-order valence-electron chi connectivity index (χ0n) is 17.6. The number of amides is 2. The van der Waals surface area contributed by atoms with Crippen molar-refractivity contribution in [3.05, 3.63) is 42.0 Å². The molecule has 3 N–H and O–H groups in total. The average molecular weight is 409 g/mol. The first kappa shape index (κ1) is 20.0. The molecule has 0 aliphatic carbocycles. The van der Waals surface area contributed by atoms with E-state index in [4.69, 9.17) is 15.6 Å². The smallest absolute Gasteiger partial charge is 0.254 e. The summed E-state index contributed by atoms with van der Waals surface area (Å²) in [4.78, 5) is 26.1. The molecule has 2 aliphatic rings. The Labute approximate surface area is 175 Å². The highest BCUT2D eigenvalue weighted by Crippen LogP contribution is 2.43. The molecule has 0 spiro atoms. The molecule has 158 valence electrons. The molecule has 8 heteroatoms. The van der Waals surface area contributed by atoms with Crippen molar-refractivity contribution in [1.29, 1.82) is 0 Å². The van der Waals surface area contributed by atoms with Crippen LogP contribution < -0.4 is 15.8 Å². The van der Waals surface area contributed by atoms with Crippen LogP contribution in [0.25, 0.3) is 11.3 Å². The molecule has 1 saturated heterocycles. The highest BCUT2D eigenvalue weighted by Gasteiger charge is 2.48. The SMILES string of the molecule is C=CC(=O)N1CC(C2(C)CCNc3c(C(N)=O)c(-c4ccc(C)c(OC)c4)nn32)C1. The van der Waals surface area contributed by atoms with Gasteiger partial charge in [0.25, 0.3) is 5.91 Å². The molecule has 4 rings (SSSR count). The van der Waals surface area contributed by atoms with Crippen molar-refractivity contribution in [2.75, 3.05) is 32.1 Å². The maximum Gasteiger partial charge on any atom is 0.254 e. The first-order valence-electron chi connectivity index (χ1n) is 10.0. The zero-order valence-corrected chi connectivity index (χ0v) is 17.6. The van der Waals surface area contributed by atoms with Gasteiger partial charge in [-0.05, 0) is 38.0 Å². The van der Waals surface area contributed by atoms with Crippen LogP contribution in [0.15, 0.2) is 30.9 Å².